The third-order valence-corrected chi connectivity index (χ3v) is 2.59. The lowest BCUT2D eigenvalue weighted by atomic mass is 10.1. The number of nitrogens with one attached hydrogen (secondary N) is 1. The van der Waals surface area contributed by atoms with Gasteiger partial charge in [-0.15, -0.1) is 0 Å². The van der Waals surface area contributed by atoms with Crippen molar-refractivity contribution in [3.05, 3.63) is 59.0 Å². The van der Waals surface area contributed by atoms with Crippen molar-refractivity contribution in [2.75, 3.05) is 0 Å². The highest BCUT2D eigenvalue weighted by Crippen LogP contribution is 2.08. The second-order valence-corrected chi connectivity index (χ2v) is 4.10. The van der Waals surface area contributed by atoms with Crippen molar-refractivity contribution in [2.45, 2.75) is 13.5 Å². The molecular formula is C14H13NO4. The second-order valence-electron chi connectivity index (χ2n) is 4.10. The van der Waals surface area contributed by atoms with E-state index in [0.717, 1.165) is 5.56 Å². The Morgan fingerprint density at radius 3 is 2.68 bits per heavy atom. The molecule has 0 aliphatic heterocycles. The van der Waals surface area contributed by atoms with Crippen LogP contribution >= 0.6 is 0 Å². The summed E-state index contributed by atoms with van der Waals surface area (Å²) >= 11 is 0. The summed E-state index contributed by atoms with van der Waals surface area (Å²) in [6.07, 6.45) is 0. The van der Waals surface area contributed by atoms with Gasteiger partial charge in [0.2, 0.25) is 0 Å². The number of furan rings is 1. The SMILES string of the molecule is Cc1ccc(C(=O)NCc2cccc(C(=O)O)c2)o1. The van der Waals surface area contributed by atoms with Crippen molar-refractivity contribution in [1.82, 2.24) is 5.32 Å². The number of benzene rings is 1. The monoisotopic (exact) mass is 259 g/mol. The number of hydrogen-bond donors (Lipinski definition) is 2. The van der Waals surface area contributed by atoms with Crippen molar-refractivity contribution in [3.8, 4) is 0 Å². The van der Waals surface area contributed by atoms with Gasteiger partial charge in [-0.05, 0) is 36.8 Å². The smallest absolute Gasteiger partial charge is 0.335 e. The number of carboxylic acids is 1. The molecule has 0 aliphatic carbocycles. The van der Waals surface area contributed by atoms with Gasteiger partial charge in [-0.2, -0.15) is 0 Å². The first-order chi connectivity index (χ1) is 9.06. The number of carbonyl (C=O) groups is 2. The molecule has 0 saturated carbocycles. The van der Waals surface area contributed by atoms with E-state index < -0.39 is 5.97 Å². The number of rotatable bonds is 4. The normalized spacial score (nSPS) is 10.2. The summed E-state index contributed by atoms with van der Waals surface area (Å²) in [5.74, 6) is -0.409. The third-order valence-electron chi connectivity index (χ3n) is 2.59. The lowest BCUT2D eigenvalue weighted by Gasteiger charge is -2.04. The van der Waals surface area contributed by atoms with Crippen LogP contribution < -0.4 is 5.32 Å². The van der Waals surface area contributed by atoms with E-state index >= 15 is 0 Å². The third kappa shape index (κ3) is 3.22. The van der Waals surface area contributed by atoms with Gasteiger partial charge in [-0.25, -0.2) is 4.79 Å². The van der Waals surface area contributed by atoms with E-state index in [1.165, 1.54) is 12.1 Å². The summed E-state index contributed by atoms with van der Waals surface area (Å²) in [4.78, 5) is 22.5. The van der Waals surface area contributed by atoms with Gasteiger partial charge >= 0.3 is 5.97 Å². The average Bonchev–Trinajstić information content (AvgIpc) is 2.83. The molecule has 0 spiro atoms. The molecule has 1 heterocycles. The van der Waals surface area contributed by atoms with E-state index in [4.69, 9.17) is 9.52 Å². The number of aryl methyl sites for hydroxylation is 1. The summed E-state index contributed by atoms with van der Waals surface area (Å²) in [6.45, 7) is 2.01. The molecule has 0 fully saturated rings. The summed E-state index contributed by atoms with van der Waals surface area (Å²) < 4.78 is 5.19. The van der Waals surface area contributed by atoms with E-state index in [1.54, 1.807) is 31.2 Å². The quantitative estimate of drug-likeness (QED) is 0.882. The maximum absolute atomic E-state index is 11.7. The molecule has 0 radical (unpaired) electrons. The Bertz CT molecular complexity index is 615. The first kappa shape index (κ1) is 12.9. The van der Waals surface area contributed by atoms with Crippen LogP contribution in [-0.4, -0.2) is 17.0 Å². The fourth-order valence-corrected chi connectivity index (χ4v) is 1.64. The first-order valence-corrected chi connectivity index (χ1v) is 5.73. The molecule has 2 rings (SSSR count). The zero-order chi connectivity index (χ0) is 13.8. The van der Waals surface area contributed by atoms with Gasteiger partial charge < -0.3 is 14.8 Å². The molecule has 2 N–H and O–H groups in total. The first-order valence-electron chi connectivity index (χ1n) is 5.73. The number of amides is 1. The lowest BCUT2D eigenvalue weighted by molar-refractivity contribution is 0.0696. The standard InChI is InChI=1S/C14H13NO4/c1-9-5-6-12(19-9)13(16)15-8-10-3-2-4-11(7-10)14(17)18/h2-7H,8H2,1H3,(H,15,16)(H,17,18). The highest BCUT2D eigenvalue weighted by atomic mass is 16.4. The van der Waals surface area contributed by atoms with Gasteiger partial charge in [-0.1, -0.05) is 12.1 Å². The molecule has 5 nitrogen and oxygen atoms in total. The molecular weight excluding hydrogens is 246 g/mol. The molecule has 0 bridgehead atoms. The molecule has 98 valence electrons. The van der Waals surface area contributed by atoms with Crippen molar-refractivity contribution < 1.29 is 19.1 Å². The van der Waals surface area contributed by atoms with Gasteiger partial charge in [0.05, 0.1) is 5.56 Å². The Hall–Kier alpha value is -2.56. The summed E-state index contributed by atoms with van der Waals surface area (Å²) in [7, 11) is 0. The molecule has 0 aliphatic rings. The van der Waals surface area contributed by atoms with Crippen molar-refractivity contribution in [3.63, 3.8) is 0 Å². The zero-order valence-electron chi connectivity index (χ0n) is 10.3. The van der Waals surface area contributed by atoms with Crippen molar-refractivity contribution in [1.29, 1.82) is 0 Å². The van der Waals surface area contributed by atoms with E-state index in [2.05, 4.69) is 5.32 Å². The van der Waals surface area contributed by atoms with Crippen LogP contribution in [0.1, 0.15) is 32.2 Å². The van der Waals surface area contributed by atoms with Crippen LogP contribution in [0.4, 0.5) is 0 Å². The minimum Gasteiger partial charge on any atom is -0.478 e. The van der Waals surface area contributed by atoms with Gasteiger partial charge in [0.25, 0.3) is 5.91 Å². The van der Waals surface area contributed by atoms with Crippen LogP contribution in [0.15, 0.2) is 40.8 Å². The predicted molar refractivity (Wildman–Crippen MR) is 68.0 cm³/mol. The van der Waals surface area contributed by atoms with Crippen LogP contribution in [0.5, 0.6) is 0 Å². The highest BCUT2D eigenvalue weighted by Gasteiger charge is 2.10. The van der Waals surface area contributed by atoms with Crippen LogP contribution in [0.3, 0.4) is 0 Å². The van der Waals surface area contributed by atoms with Crippen LogP contribution in [0, 0.1) is 6.92 Å². The number of carboxylic acid groups (broad SMARTS) is 1. The Kier molecular flexibility index (Phi) is 3.66. The van der Waals surface area contributed by atoms with Crippen LogP contribution in [0.25, 0.3) is 0 Å². The second kappa shape index (κ2) is 5.39. The van der Waals surface area contributed by atoms with Crippen molar-refractivity contribution >= 4 is 11.9 Å². The zero-order valence-corrected chi connectivity index (χ0v) is 10.3. The van der Waals surface area contributed by atoms with E-state index in [9.17, 15) is 9.59 Å². The van der Waals surface area contributed by atoms with Gasteiger partial charge in [0.15, 0.2) is 5.76 Å². The lowest BCUT2D eigenvalue weighted by Crippen LogP contribution is -2.22. The Morgan fingerprint density at radius 2 is 2.05 bits per heavy atom. The number of hydrogen-bond acceptors (Lipinski definition) is 3. The Labute approximate surface area is 109 Å². The van der Waals surface area contributed by atoms with Gasteiger partial charge in [-0.3, -0.25) is 4.79 Å². The number of aromatic carboxylic acids is 1. The fraction of sp³-hybridized carbons (Fsp3) is 0.143. The molecule has 1 amide bonds. The molecule has 2 aromatic rings. The minimum absolute atomic E-state index is 0.195. The molecule has 0 saturated heterocycles. The molecule has 1 aromatic heterocycles. The fourth-order valence-electron chi connectivity index (χ4n) is 1.64. The predicted octanol–water partition coefficient (Wildman–Crippen LogP) is 2.22. The molecule has 1 aromatic carbocycles. The largest absolute Gasteiger partial charge is 0.478 e. The summed E-state index contributed by atoms with van der Waals surface area (Å²) in [5.41, 5.74) is 0.914. The Balaban J connectivity index is 2.01. The molecule has 0 unspecified atom stereocenters. The maximum Gasteiger partial charge on any atom is 0.335 e. The van der Waals surface area contributed by atoms with E-state index in [-0.39, 0.29) is 23.8 Å². The molecule has 5 heteroatoms. The minimum atomic E-state index is -0.991. The van der Waals surface area contributed by atoms with Crippen LogP contribution in [0.2, 0.25) is 0 Å². The van der Waals surface area contributed by atoms with Crippen molar-refractivity contribution in [2.24, 2.45) is 0 Å². The summed E-state index contributed by atoms with van der Waals surface area (Å²) in [5, 5.41) is 11.5. The maximum atomic E-state index is 11.7. The average molecular weight is 259 g/mol. The number of carbonyl (C=O) groups excluding carboxylic acids is 1. The Morgan fingerprint density at radius 1 is 1.26 bits per heavy atom. The highest BCUT2D eigenvalue weighted by molar-refractivity contribution is 5.91. The summed E-state index contributed by atoms with van der Waals surface area (Å²) in [6, 6.07) is 9.72. The molecule has 19 heavy (non-hydrogen) atoms. The van der Waals surface area contributed by atoms with E-state index in [1.807, 2.05) is 0 Å². The molecule has 0 atom stereocenters. The van der Waals surface area contributed by atoms with E-state index in [0.29, 0.717) is 5.76 Å². The van der Waals surface area contributed by atoms with Crippen LogP contribution in [-0.2, 0) is 6.54 Å². The van der Waals surface area contributed by atoms with Gasteiger partial charge in [0, 0.05) is 6.54 Å². The van der Waals surface area contributed by atoms with Gasteiger partial charge in [0.1, 0.15) is 5.76 Å². The topological polar surface area (TPSA) is 79.5 Å².